The molecule has 1 fully saturated rings. The van der Waals surface area contributed by atoms with Gasteiger partial charge < -0.3 is 5.32 Å². The number of hydrogen-bond acceptors (Lipinski definition) is 2. The Morgan fingerprint density at radius 3 is 2.64 bits per heavy atom. The quantitative estimate of drug-likeness (QED) is 0.767. The predicted molar refractivity (Wildman–Crippen MR) is 56.7 cm³/mol. The third-order valence-corrected chi connectivity index (χ3v) is 2.82. The highest BCUT2D eigenvalue weighted by Crippen LogP contribution is 2.23. The molecular formula is C11H12ClNO. The first kappa shape index (κ1) is 9.69. The van der Waals surface area contributed by atoms with E-state index >= 15 is 0 Å². The molecule has 1 saturated heterocycles. The van der Waals surface area contributed by atoms with Crippen LogP contribution >= 0.6 is 11.6 Å². The highest BCUT2D eigenvalue weighted by Gasteiger charge is 2.23. The molecule has 2 rings (SSSR count). The second-order valence-corrected chi connectivity index (χ2v) is 3.97. The van der Waals surface area contributed by atoms with Crippen LogP contribution in [0.2, 0.25) is 5.02 Å². The number of halogens is 1. The van der Waals surface area contributed by atoms with Crippen molar-refractivity contribution in [3.63, 3.8) is 0 Å². The molecule has 14 heavy (non-hydrogen) atoms. The molecular weight excluding hydrogens is 198 g/mol. The molecule has 0 aromatic heterocycles. The lowest BCUT2D eigenvalue weighted by molar-refractivity contribution is -0.120. The Labute approximate surface area is 88.3 Å². The van der Waals surface area contributed by atoms with Crippen LogP contribution in [-0.4, -0.2) is 18.9 Å². The van der Waals surface area contributed by atoms with E-state index in [2.05, 4.69) is 5.32 Å². The normalized spacial score (nSPS) is 22.4. The Kier molecular flexibility index (Phi) is 2.85. The summed E-state index contributed by atoms with van der Waals surface area (Å²) in [6, 6.07) is 7.56. The lowest BCUT2D eigenvalue weighted by Crippen LogP contribution is -2.35. The summed E-state index contributed by atoms with van der Waals surface area (Å²) in [4.78, 5) is 11.6. The first-order valence-corrected chi connectivity index (χ1v) is 5.14. The summed E-state index contributed by atoms with van der Waals surface area (Å²) in [5, 5.41) is 3.79. The van der Waals surface area contributed by atoms with Crippen LogP contribution in [-0.2, 0) is 4.79 Å². The highest BCUT2D eigenvalue weighted by atomic mass is 35.5. The Morgan fingerprint density at radius 2 is 2.00 bits per heavy atom. The van der Waals surface area contributed by atoms with Crippen molar-refractivity contribution in [2.45, 2.75) is 12.3 Å². The van der Waals surface area contributed by atoms with Crippen molar-refractivity contribution in [1.29, 1.82) is 0 Å². The zero-order chi connectivity index (χ0) is 9.97. The second-order valence-electron chi connectivity index (χ2n) is 3.54. The van der Waals surface area contributed by atoms with Gasteiger partial charge in [-0.1, -0.05) is 23.7 Å². The minimum absolute atomic E-state index is 0.0634. The summed E-state index contributed by atoms with van der Waals surface area (Å²) in [6.07, 6.45) is 0.889. The molecule has 2 nitrogen and oxygen atoms in total. The number of Topliss-reactive ketones (excluding diaryl/α,β-unsaturated/α-hetero) is 1. The van der Waals surface area contributed by atoms with Crippen LogP contribution in [0, 0.1) is 0 Å². The fourth-order valence-corrected chi connectivity index (χ4v) is 1.92. The maximum Gasteiger partial charge on any atom is 0.154 e. The van der Waals surface area contributed by atoms with E-state index in [-0.39, 0.29) is 11.7 Å². The molecule has 74 valence electrons. The number of hydrogen-bond donors (Lipinski definition) is 1. The maximum absolute atomic E-state index is 11.6. The number of nitrogens with one attached hydrogen (secondary N) is 1. The van der Waals surface area contributed by atoms with Crippen molar-refractivity contribution in [3.05, 3.63) is 34.9 Å². The van der Waals surface area contributed by atoms with Crippen LogP contribution < -0.4 is 5.32 Å². The molecule has 1 aliphatic rings. The third-order valence-electron chi connectivity index (χ3n) is 2.57. The van der Waals surface area contributed by atoms with Gasteiger partial charge >= 0.3 is 0 Å². The summed E-state index contributed by atoms with van der Waals surface area (Å²) in [6.45, 7) is 1.41. The summed E-state index contributed by atoms with van der Waals surface area (Å²) in [5.74, 6) is 0.340. The first-order valence-electron chi connectivity index (χ1n) is 4.76. The van der Waals surface area contributed by atoms with Crippen molar-refractivity contribution in [3.8, 4) is 0 Å². The van der Waals surface area contributed by atoms with Crippen LogP contribution in [0.1, 0.15) is 17.9 Å². The molecule has 1 N–H and O–H groups in total. The zero-order valence-corrected chi connectivity index (χ0v) is 8.55. The van der Waals surface area contributed by atoms with Crippen LogP contribution in [0.3, 0.4) is 0 Å². The van der Waals surface area contributed by atoms with E-state index in [4.69, 9.17) is 11.6 Å². The van der Waals surface area contributed by atoms with Crippen molar-refractivity contribution in [2.75, 3.05) is 13.1 Å². The molecule has 1 aromatic carbocycles. The van der Waals surface area contributed by atoms with Gasteiger partial charge in [0.05, 0.1) is 6.54 Å². The van der Waals surface area contributed by atoms with Gasteiger partial charge in [0.25, 0.3) is 0 Å². The largest absolute Gasteiger partial charge is 0.310 e. The molecule has 0 radical (unpaired) electrons. The fraction of sp³-hybridized carbons (Fsp3) is 0.364. The fourth-order valence-electron chi connectivity index (χ4n) is 1.79. The van der Waals surface area contributed by atoms with Gasteiger partial charge in [-0.2, -0.15) is 0 Å². The molecule has 1 unspecified atom stereocenters. The van der Waals surface area contributed by atoms with Crippen molar-refractivity contribution in [1.82, 2.24) is 5.32 Å². The van der Waals surface area contributed by atoms with E-state index in [0.29, 0.717) is 6.54 Å². The Bertz CT molecular complexity index is 334. The second kappa shape index (κ2) is 4.11. The molecule has 1 aliphatic heterocycles. The van der Waals surface area contributed by atoms with E-state index in [1.165, 1.54) is 0 Å². The van der Waals surface area contributed by atoms with Gasteiger partial charge in [-0.25, -0.2) is 0 Å². The maximum atomic E-state index is 11.6. The summed E-state index contributed by atoms with van der Waals surface area (Å²) in [7, 11) is 0. The summed E-state index contributed by atoms with van der Waals surface area (Å²) in [5.41, 5.74) is 1.08. The Morgan fingerprint density at radius 1 is 1.29 bits per heavy atom. The van der Waals surface area contributed by atoms with Crippen LogP contribution in [0.25, 0.3) is 0 Å². The number of benzene rings is 1. The molecule has 1 heterocycles. The molecule has 0 saturated carbocycles. The van der Waals surface area contributed by atoms with Crippen LogP contribution in [0.15, 0.2) is 24.3 Å². The van der Waals surface area contributed by atoms with E-state index in [0.717, 1.165) is 23.6 Å². The van der Waals surface area contributed by atoms with Gasteiger partial charge in [-0.3, -0.25) is 4.79 Å². The van der Waals surface area contributed by atoms with Gasteiger partial charge in [-0.05, 0) is 30.7 Å². The molecule has 1 atom stereocenters. The van der Waals surface area contributed by atoms with Gasteiger partial charge in [-0.15, -0.1) is 0 Å². The predicted octanol–water partition coefficient (Wildman–Crippen LogP) is 1.99. The topological polar surface area (TPSA) is 29.1 Å². The van der Waals surface area contributed by atoms with Crippen LogP contribution in [0.4, 0.5) is 0 Å². The molecule has 0 aliphatic carbocycles. The van der Waals surface area contributed by atoms with Gasteiger partial charge in [0.15, 0.2) is 5.78 Å². The molecule has 1 aromatic rings. The van der Waals surface area contributed by atoms with E-state index < -0.39 is 0 Å². The molecule has 0 amide bonds. The number of ketones is 1. The van der Waals surface area contributed by atoms with Crippen molar-refractivity contribution >= 4 is 17.4 Å². The minimum atomic E-state index is 0.0634. The lowest BCUT2D eigenvalue weighted by Gasteiger charge is -2.21. The summed E-state index contributed by atoms with van der Waals surface area (Å²) >= 11 is 5.79. The standard InChI is InChI=1S/C11H12ClNO/c12-9-3-1-8(2-4-9)10-5-6-13-7-11(10)14/h1-4,10,13H,5-7H2. The van der Waals surface area contributed by atoms with Gasteiger partial charge in [0, 0.05) is 10.9 Å². The van der Waals surface area contributed by atoms with Crippen molar-refractivity contribution < 1.29 is 4.79 Å². The van der Waals surface area contributed by atoms with Gasteiger partial charge in [0.2, 0.25) is 0 Å². The van der Waals surface area contributed by atoms with Crippen molar-refractivity contribution in [2.24, 2.45) is 0 Å². The Hall–Kier alpha value is -0.860. The Balaban J connectivity index is 2.20. The average Bonchev–Trinajstić information content (AvgIpc) is 2.20. The minimum Gasteiger partial charge on any atom is -0.310 e. The first-order chi connectivity index (χ1) is 6.77. The number of carbonyl (C=O) groups excluding carboxylic acids is 1. The number of rotatable bonds is 1. The van der Waals surface area contributed by atoms with E-state index in [1.807, 2.05) is 24.3 Å². The summed E-state index contributed by atoms with van der Waals surface area (Å²) < 4.78 is 0. The number of carbonyl (C=O) groups is 1. The van der Waals surface area contributed by atoms with E-state index in [9.17, 15) is 4.79 Å². The van der Waals surface area contributed by atoms with Crippen LogP contribution in [0.5, 0.6) is 0 Å². The number of piperidine rings is 1. The van der Waals surface area contributed by atoms with E-state index in [1.54, 1.807) is 0 Å². The molecule has 3 heteroatoms. The molecule has 0 spiro atoms. The monoisotopic (exact) mass is 209 g/mol. The van der Waals surface area contributed by atoms with Gasteiger partial charge in [0.1, 0.15) is 0 Å². The third kappa shape index (κ3) is 1.97. The smallest absolute Gasteiger partial charge is 0.154 e. The SMILES string of the molecule is O=C1CNCCC1c1ccc(Cl)cc1. The highest BCUT2D eigenvalue weighted by molar-refractivity contribution is 6.30. The average molecular weight is 210 g/mol. The zero-order valence-electron chi connectivity index (χ0n) is 7.79. The lowest BCUT2D eigenvalue weighted by atomic mass is 9.89. The molecule has 0 bridgehead atoms.